The summed E-state index contributed by atoms with van der Waals surface area (Å²) < 4.78 is 2.21. The standard InChI is InChI=1S/C16H28N4/c1-3-7-14(17)10-11-18-16-12-13(2)20(19-16)15-8-5-4-6-9-15/h12,15,17H,3-11H2,1-2H3,(H,18,19). The molecule has 0 atom stereocenters. The predicted molar refractivity (Wildman–Crippen MR) is 84.8 cm³/mol. The second-order valence-corrected chi connectivity index (χ2v) is 5.94. The van der Waals surface area contributed by atoms with E-state index in [0.717, 1.165) is 37.3 Å². The molecule has 0 bridgehead atoms. The van der Waals surface area contributed by atoms with Gasteiger partial charge in [0.2, 0.25) is 0 Å². The normalized spacial score (nSPS) is 16.3. The first-order valence-corrected chi connectivity index (χ1v) is 8.07. The van der Waals surface area contributed by atoms with Crippen molar-refractivity contribution in [1.29, 1.82) is 5.41 Å². The summed E-state index contributed by atoms with van der Waals surface area (Å²) in [5.41, 5.74) is 2.09. The zero-order valence-electron chi connectivity index (χ0n) is 12.9. The smallest absolute Gasteiger partial charge is 0.148 e. The van der Waals surface area contributed by atoms with Crippen molar-refractivity contribution in [3.63, 3.8) is 0 Å². The van der Waals surface area contributed by atoms with Crippen LogP contribution in [-0.2, 0) is 0 Å². The molecule has 20 heavy (non-hydrogen) atoms. The fourth-order valence-corrected chi connectivity index (χ4v) is 3.04. The Hall–Kier alpha value is -1.32. The number of anilines is 1. The Morgan fingerprint density at radius 2 is 2.10 bits per heavy atom. The number of hydrogen-bond donors (Lipinski definition) is 2. The van der Waals surface area contributed by atoms with Gasteiger partial charge in [0.15, 0.2) is 0 Å². The van der Waals surface area contributed by atoms with E-state index in [1.165, 1.54) is 37.8 Å². The van der Waals surface area contributed by atoms with E-state index in [1.807, 2.05) is 0 Å². The maximum atomic E-state index is 7.80. The predicted octanol–water partition coefficient (Wildman–Crippen LogP) is 4.32. The van der Waals surface area contributed by atoms with Gasteiger partial charge in [0.05, 0.1) is 6.04 Å². The molecule has 1 aliphatic rings. The van der Waals surface area contributed by atoms with E-state index in [0.29, 0.717) is 6.04 Å². The van der Waals surface area contributed by atoms with Crippen molar-refractivity contribution in [2.75, 3.05) is 11.9 Å². The minimum absolute atomic E-state index is 0.595. The summed E-state index contributed by atoms with van der Waals surface area (Å²) in [6, 6.07) is 2.73. The summed E-state index contributed by atoms with van der Waals surface area (Å²) in [7, 11) is 0. The number of hydrogen-bond acceptors (Lipinski definition) is 3. The molecule has 4 heteroatoms. The molecule has 2 rings (SSSR count). The molecule has 112 valence electrons. The van der Waals surface area contributed by atoms with Gasteiger partial charge in [0.1, 0.15) is 5.82 Å². The van der Waals surface area contributed by atoms with Crippen LogP contribution in [0.2, 0.25) is 0 Å². The van der Waals surface area contributed by atoms with Crippen LogP contribution in [0, 0.1) is 12.3 Å². The summed E-state index contributed by atoms with van der Waals surface area (Å²) >= 11 is 0. The molecule has 1 heterocycles. The van der Waals surface area contributed by atoms with Crippen molar-refractivity contribution < 1.29 is 0 Å². The molecule has 1 aromatic heterocycles. The molecule has 0 saturated heterocycles. The monoisotopic (exact) mass is 276 g/mol. The molecule has 4 nitrogen and oxygen atoms in total. The summed E-state index contributed by atoms with van der Waals surface area (Å²) in [6.45, 7) is 5.09. The van der Waals surface area contributed by atoms with Crippen LogP contribution in [0.15, 0.2) is 6.07 Å². The minimum Gasteiger partial charge on any atom is -0.368 e. The van der Waals surface area contributed by atoms with Crippen LogP contribution in [0.1, 0.15) is 70.0 Å². The molecule has 0 aliphatic heterocycles. The van der Waals surface area contributed by atoms with Crippen LogP contribution in [0.4, 0.5) is 5.82 Å². The molecule has 1 fully saturated rings. The quantitative estimate of drug-likeness (QED) is 0.729. The third kappa shape index (κ3) is 4.09. The SMILES string of the molecule is CCCC(=N)CCNc1cc(C)n(C2CCCCC2)n1. The molecule has 1 aromatic rings. The average molecular weight is 276 g/mol. The Bertz CT molecular complexity index is 430. The molecule has 0 radical (unpaired) electrons. The Morgan fingerprint density at radius 3 is 2.80 bits per heavy atom. The van der Waals surface area contributed by atoms with Crippen molar-refractivity contribution >= 4 is 11.5 Å². The van der Waals surface area contributed by atoms with Gasteiger partial charge in [0.25, 0.3) is 0 Å². The zero-order valence-corrected chi connectivity index (χ0v) is 12.9. The van der Waals surface area contributed by atoms with Gasteiger partial charge in [-0.25, -0.2) is 0 Å². The van der Waals surface area contributed by atoms with E-state index < -0.39 is 0 Å². The van der Waals surface area contributed by atoms with E-state index >= 15 is 0 Å². The maximum absolute atomic E-state index is 7.80. The third-order valence-electron chi connectivity index (χ3n) is 4.13. The van der Waals surface area contributed by atoms with Gasteiger partial charge in [-0.3, -0.25) is 4.68 Å². The van der Waals surface area contributed by atoms with Gasteiger partial charge in [-0.2, -0.15) is 5.10 Å². The van der Waals surface area contributed by atoms with Gasteiger partial charge in [-0.1, -0.05) is 32.6 Å². The Kier molecular flexibility index (Phi) is 5.62. The number of nitrogens with one attached hydrogen (secondary N) is 2. The van der Waals surface area contributed by atoms with Gasteiger partial charge in [-0.15, -0.1) is 0 Å². The number of rotatable bonds is 7. The lowest BCUT2D eigenvalue weighted by molar-refractivity contribution is 0.325. The lowest BCUT2D eigenvalue weighted by atomic mass is 9.95. The molecule has 1 saturated carbocycles. The average Bonchev–Trinajstić information content (AvgIpc) is 2.81. The second kappa shape index (κ2) is 7.46. The van der Waals surface area contributed by atoms with Crippen molar-refractivity contribution in [1.82, 2.24) is 9.78 Å². The van der Waals surface area contributed by atoms with Crippen molar-refractivity contribution in [2.45, 2.75) is 71.3 Å². The van der Waals surface area contributed by atoms with Crippen molar-refractivity contribution in [3.8, 4) is 0 Å². The first-order chi connectivity index (χ1) is 9.70. The zero-order chi connectivity index (χ0) is 14.4. The molecule has 0 amide bonds. The summed E-state index contributed by atoms with van der Waals surface area (Å²) in [6.07, 6.45) is 9.38. The van der Waals surface area contributed by atoms with E-state index in [2.05, 4.69) is 29.9 Å². The van der Waals surface area contributed by atoms with E-state index in [1.54, 1.807) is 0 Å². The molecule has 0 unspecified atom stereocenters. The summed E-state index contributed by atoms with van der Waals surface area (Å²) in [5.74, 6) is 0.970. The lowest BCUT2D eigenvalue weighted by Crippen LogP contribution is -2.15. The first-order valence-electron chi connectivity index (χ1n) is 8.07. The van der Waals surface area contributed by atoms with Gasteiger partial charge < -0.3 is 10.7 Å². The van der Waals surface area contributed by atoms with Crippen LogP contribution in [0.3, 0.4) is 0 Å². The molecular formula is C16H28N4. The minimum atomic E-state index is 0.595. The molecule has 0 aromatic carbocycles. The van der Waals surface area contributed by atoms with Crippen LogP contribution in [-0.4, -0.2) is 22.0 Å². The molecule has 0 spiro atoms. The molecule has 2 N–H and O–H groups in total. The van der Waals surface area contributed by atoms with Crippen LogP contribution in [0.5, 0.6) is 0 Å². The Morgan fingerprint density at radius 1 is 1.35 bits per heavy atom. The van der Waals surface area contributed by atoms with Crippen molar-refractivity contribution in [2.24, 2.45) is 0 Å². The highest BCUT2D eigenvalue weighted by Gasteiger charge is 2.18. The Balaban J connectivity index is 1.85. The fraction of sp³-hybridized carbons (Fsp3) is 0.750. The lowest BCUT2D eigenvalue weighted by Gasteiger charge is -2.23. The van der Waals surface area contributed by atoms with Crippen LogP contribution < -0.4 is 5.32 Å². The highest BCUT2D eigenvalue weighted by atomic mass is 15.3. The van der Waals surface area contributed by atoms with Crippen LogP contribution in [0.25, 0.3) is 0 Å². The van der Waals surface area contributed by atoms with E-state index in [-0.39, 0.29) is 0 Å². The second-order valence-electron chi connectivity index (χ2n) is 5.94. The molecular weight excluding hydrogens is 248 g/mol. The molecule has 1 aliphatic carbocycles. The van der Waals surface area contributed by atoms with Gasteiger partial charge in [0, 0.05) is 30.4 Å². The summed E-state index contributed by atoms with van der Waals surface area (Å²) in [5, 5.41) is 15.9. The van der Waals surface area contributed by atoms with Gasteiger partial charge in [-0.05, 0) is 26.2 Å². The number of aromatic nitrogens is 2. The van der Waals surface area contributed by atoms with E-state index in [9.17, 15) is 0 Å². The maximum Gasteiger partial charge on any atom is 0.148 e. The van der Waals surface area contributed by atoms with Crippen LogP contribution >= 0.6 is 0 Å². The van der Waals surface area contributed by atoms with Crippen molar-refractivity contribution in [3.05, 3.63) is 11.8 Å². The number of aryl methyl sites for hydroxylation is 1. The largest absolute Gasteiger partial charge is 0.368 e. The van der Waals surface area contributed by atoms with Gasteiger partial charge >= 0.3 is 0 Å². The topological polar surface area (TPSA) is 53.7 Å². The highest BCUT2D eigenvalue weighted by molar-refractivity contribution is 5.81. The highest BCUT2D eigenvalue weighted by Crippen LogP contribution is 2.29. The third-order valence-corrected chi connectivity index (χ3v) is 4.13. The Labute approximate surface area is 122 Å². The first kappa shape index (κ1) is 15.1. The summed E-state index contributed by atoms with van der Waals surface area (Å²) in [4.78, 5) is 0. The fourth-order valence-electron chi connectivity index (χ4n) is 3.04. The van der Waals surface area contributed by atoms with E-state index in [4.69, 9.17) is 10.5 Å². The number of nitrogens with zero attached hydrogens (tertiary/aromatic N) is 2.